The second-order valence-corrected chi connectivity index (χ2v) is 8.80. The Kier molecular flexibility index (Phi) is 5.29. The molecule has 0 aromatic heterocycles. The lowest BCUT2D eigenvalue weighted by molar-refractivity contribution is -0.118. The quantitative estimate of drug-likeness (QED) is 0.860. The Hall–Kier alpha value is -2.34. The summed E-state index contributed by atoms with van der Waals surface area (Å²) >= 11 is 0. The molecule has 0 fully saturated rings. The highest BCUT2D eigenvalue weighted by atomic mass is 32.2. The third-order valence-electron chi connectivity index (χ3n) is 4.93. The largest absolute Gasteiger partial charge is 0.312 e. The summed E-state index contributed by atoms with van der Waals surface area (Å²) in [6.45, 7) is 8.08. The van der Waals surface area contributed by atoms with Crippen molar-refractivity contribution in [3.63, 3.8) is 0 Å². The predicted octanol–water partition coefficient (Wildman–Crippen LogP) is 4.10. The standard InChI is InChI=1S/C21H26N2O3S/c1-5-20(24)23-10-6-7-17-8-9-18(13-19(17)23)22-27(25,26)21-15(3)11-14(2)12-16(21)4/h8-9,11-13,22H,5-7,10H2,1-4H3. The molecule has 5 nitrogen and oxygen atoms in total. The molecule has 1 aliphatic rings. The van der Waals surface area contributed by atoms with Crippen LogP contribution in [0.3, 0.4) is 0 Å². The molecule has 1 heterocycles. The highest BCUT2D eigenvalue weighted by molar-refractivity contribution is 7.92. The summed E-state index contributed by atoms with van der Waals surface area (Å²) in [5.41, 5.74) is 4.84. The van der Waals surface area contributed by atoms with E-state index >= 15 is 0 Å². The maximum Gasteiger partial charge on any atom is 0.262 e. The van der Waals surface area contributed by atoms with E-state index in [1.807, 2.05) is 45.9 Å². The first kappa shape index (κ1) is 19.4. The van der Waals surface area contributed by atoms with Crippen LogP contribution in [0.1, 0.15) is 42.0 Å². The van der Waals surface area contributed by atoms with E-state index in [1.165, 1.54) is 0 Å². The SMILES string of the molecule is CCC(=O)N1CCCc2ccc(NS(=O)(=O)c3c(C)cc(C)cc3C)cc21. The molecule has 0 saturated heterocycles. The van der Waals surface area contributed by atoms with Gasteiger partial charge in [0.15, 0.2) is 0 Å². The van der Waals surface area contributed by atoms with Crippen LogP contribution in [0.2, 0.25) is 0 Å². The first-order chi connectivity index (χ1) is 12.7. The molecule has 3 rings (SSSR count). The van der Waals surface area contributed by atoms with Crippen LogP contribution in [0.15, 0.2) is 35.2 Å². The fourth-order valence-electron chi connectivity index (χ4n) is 3.88. The van der Waals surface area contributed by atoms with Gasteiger partial charge in [0.05, 0.1) is 10.6 Å². The van der Waals surface area contributed by atoms with Gasteiger partial charge in [0.1, 0.15) is 0 Å². The molecule has 0 saturated carbocycles. The van der Waals surface area contributed by atoms with Crippen molar-refractivity contribution >= 4 is 27.3 Å². The van der Waals surface area contributed by atoms with E-state index in [0.717, 1.165) is 40.8 Å². The molecule has 0 aliphatic carbocycles. The summed E-state index contributed by atoms with van der Waals surface area (Å²) < 4.78 is 28.7. The van der Waals surface area contributed by atoms with Crippen LogP contribution in [0.25, 0.3) is 0 Å². The number of hydrogen-bond acceptors (Lipinski definition) is 3. The zero-order valence-corrected chi connectivity index (χ0v) is 17.1. The molecule has 144 valence electrons. The summed E-state index contributed by atoms with van der Waals surface area (Å²) in [6, 6.07) is 9.21. The van der Waals surface area contributed by atoms with E-state index in [-0.39, 0.29) is 5.91 Å². The number of anilines is 2. The smallest absolute Gasteiger partial charge is 0.262 e. The third kappa shape index (κ3) is 3.86. The van der Waals surface area contributed by atoms with E-state index < -0.39 is 10.0 Å². The fourth-order valence-corrected chi connectivity index (χ4v) is 5.39. The van der Waals surface area contributed by atoms with Crippen molar-refractivity contribution in [2.24, 2.45) is 0 Å². The van der Waals surface area contributed by atoms with Gasteiger partial charge in [-0.25, -0.2) is 8.42 Å². The number of fused-ring (bicyclic) bond motifs is 1. The van der Waals surface area contributed by atoms with Gasteiger partial charge in [0.25, 0.3) is 10.0 Å². The van der Waals surface area contributed by atoms with Crippen LogP contribution >= 0.6 is 0 Å². The second kappa shape index (κ2) is 7.35. The van der Waals surface area contributed by atoms with Crippen LogP contribution in [0.4, 0.5) is 11.4 Å². The molecule has 0 unspecified atom stereocenters. The van der Waals surface area contributed by atoms with Crippen molar-refractivity contribution in [1.29, 1.82) is 0 Å². The van der Waals surface area contributed by atoms with Crippen molar-refractivity contribution in [2.45, 2.75) is 51.9 Å². The Morgan fingerprint density at radius 3 is 2.41 bits per heavy atom. The summed E-state index contributed by atoms with van der Waals surface area (Å²) in [5, 5.41) is 0. The molecule has 1 aliphatic heterocycles. The summed E-state index contributed by atoms with van der Waals surface area (Å²) in [4.78, 5) is 14.3. The molecule has 27 heavy (non-hydrogen) atoms. The zero-order chi connectivity index (χ0) is 19.8. The molecule has 0 spiro atoms. The summed E-state index contributed by atoms with van der Waals surface area (Å²) in [7, 11) is -3.71. The number of carbonyl (C=O) groups is 1. The topological polar surface area (TPSA) is 66.5 Å². The molecule has 0 bridgehead atoms. The van der Waals surface area contributed by atoms with Gasteiger partial charge in [0, 0.05) is 18.7 Å². The van der Waals surface area contributed by atoms with Crippen LogP contribution in [-0.2, 0) is 21.2 Å². The average Bonchev–Trinajstić information content (AvgIpc) is 2.58. The summed E-state index contributed by atoms with van der Waals surface area (Å²) in [5.74, 6) is 0.0566. The lowest BCUT2D eigenvalue weighted by Crippen LogP contribution is -2.35. The van der Waals surface area contributed by atoms with Crippen LogP contribution in [0, 0.1) is 20.8 Å². The van der Waals surface area contributed by atoms with Gasteiger partial charge < -0.3 is 4.90 Å². The number of benzene rings is 2. The molecule has 1 N–H and O–H groups in total. The zero-order valence-electron chi connectivity index (χ0n) is 16.3. The minimum atomic E-state index is -3.71. The highest BCUT2D eigenvalue weighted by Crippen LogP contribution is 2.32. The van der Waals surface area contributed by atoms with Crippen LogP contribution in [0.5, 0.6) is 0 Å². The molecule has 2 aromatic carbocycles. The molecule has 1 amide bonds. The van der Waals surface area contributed by atoms with Gasteiger partial charge in [-0.2, -0.15) is 0 Å². The highest BCUT2D eigenvalue weighted by Gasteiger charge is 2.24. The van der Waals surface area contributed by atoms with Gasteiger partial charge in [-0.1, -0.05) is 30.7 Å². The molecule has 0 radical (unpaired) electrons. The van der Waals surface area contributed by atoms with Gasteiger partial charge >= 0.3 is 0 Å². The lowest BCUT2D eigenvalue weighted by Gasteiger charge is -2.30. The van der Waals surface area contributed by atoms with Crippen molar-refractivity contribution in [1.82, 2.24) is 0 Å². The lowest BCUT2D eigenvalue weighted by atomic mass is 10.0. The van der Waals surface area contributed by atoms with Crippen molar-refractivity contribution in [3.8, 4) is 0 Å². The number of nitrogens with zero attached hydrogens (tertiary/aromatic N) is 1. The number of hydrogen-bond donors (Lipinski definition) is 1. The first-order valence-electron chi connectivity index (χ1n) is 9.27. The summed E-state index contributed by atoms with van der Waals surface area (Å²) in [6.07, 6.45) is 2.24. The van der Waals surface area contributed by atoms with E-state index in [1.54, 1.807) is 17.0 Å². The molecular formula is C21H26N2O3S. The Morgan fingerprint density at radius 2 is 1.78 bits per heavy atom. The molecule has 6 heteroatoms. The van der Waals surface area contributed by atoms with Gasteiger partial charge in [-0.15, -0.1) is 0 Å². The van der Waals surface area contributed by atoms with Gasteiger partial charge in [-0.05, 0) is 62.4 Å². The first-order valence-corrected chi connectivity index (χ1v) is 10.7. The van der Waals surface area contributed by atoms with E-state index in [2.05, 4.69) is 4.72 Å². The van der Waals surface area contributed by atoms with Crippen molar-refractivity contribution in [3.05, 3.63) is 52.6 Å². The third-order valence-corrected chi connectivity index (χ3v) is 6.62. The Balaban J connectivity index is 1.98. The number of carbonyl (C=O) groups excluding carboxylic acids is 1. The maximum atomic E-state index is 13.0. The fraction of sp³-hybridized carbons (Fsp3) is 0.381. The van der Waals surface area contributed by atoms with E-state index in [9.17, 15) is 13.2 Å². The normalized spacial score (nSPS) is 14.0. The molecular weight excluding hydrogens is 360 g/mol. The number of aryl methyl sites for hydroxylation is 4. The number of sulfonamides is 1. The number of rotatable bonds is 4. The maximum absolute atomic E-state index is 13.0. The minimum absolute atomic E-state index is 0.0566. The Bertz CT molecular complexity index is 973. The van der Waals surface area contributed by atoms with Crippen LogP contribution in [-0.4, -0.2) is 20.9 Å². The molecule has 0 atom stereocenters. The molecule has 2 aromatic rings. The van der Waals surface area contributed by atoms with Crippen molar-refractivity contribution < 1.29 is 13.2 Å². The number of nitrogens with one attached hydrogen (secondary N) is 1. The monoisotopic (exact) mass is 386 g/mol. The Morgan fingerprint density at radius 1 is 1.11 bits per heavy atom. The number of amides is 1. The minimum Gasteiger partial charge on any atom is -0.312 e. The van der Waals surface area contributed by atoms with Gasteiger partial charge in [-0.3, -0.25) is 9.52 Å². The van der Waals surface area contributed by atoms with E-state index in [4.69, 9.17) is 0 Å². The van der Waals surface area contributed by atoms with Gasteiger partial charge in [0.2, 0.25) is 5.91 Å². The van der Waals surface area contributed by atoms with E-state index in [0.29, 0.717) is 23.5 Å². The van der Waals surface area contributed by atoms with Crippen molar-refractivity contribution in [2.75, 3.05) is 16.2 Å². The van der Waals surface area contributed by atoms with Crippen LogP contribution < -0.4 is 9.62 Å². The predicted molar refractivity (Wildman–Crippen MR) is 109 cm³/mol. The second-order valence-electron chi connectivity index (χ2n) is 7.18. The average molecular weight is 387 g/mol. The Labute approximate surface area is 161 Å².